The maximum absolute atomic E-state index is 12.6. The monoisotopic (exact) mass is 318 g/mol. The van der Waals surface area contributed by atoms with Gasteiger partial charge in [0, 0.05) is 15.6 Å². The van der Waals surface area contributed by atoms with Crippen LogP contribution in [0.5, 0.6) is 5.75 Å². The number of aryl methyl sites for hydroxylation is 2. The summed E-state index contributed by atoms with van der Waals surface area (Å²) in [6.07, 6.45) is 0. The van der Waals surface area contributed by atoms with Gasteiger partial charge in [0.15, 0.2) is 5.78 Å². The molecule has 0 radical (unpaired) electrons. The maximum Gasteiger partial charge on any atom is 0.194 e. The van der Waals surface area contributed by atoms with Gasteiger partial charge >= 0.3 is 0 Å². The first-order valence-corrected chi connectivity index (χ1v) is 6.77. The van der Waals surface area contributed by atoms with Crippen LogP contribution in [0, 0.1) is 13.8 Å². The van der Waals surface area contributed by atoms with Crippen molar-refractivity contribution in [1.29, 1.82) is 0 Å². The maximum atomic E-state index is 12.6. The van der Waals surface area contributed by atoms with E-state index in [4.69, 9.17) is 4.74 Å². The van der Waals surface area contributed by atoms with E-state index in [0.717, 1.165) is 15.6 Å². The number of ketones is 1. The Hall–Kier alpha value is -1.61. The molecule has 0 aliphatic rings. The van der Waals surface area contributed by atoms with Gasteiger partial charge < -0.3 is 4.74 Å². The third-order valence-corrected chi connectivity index (χ3v) is 3.59. The zero-order valence-corrected chi connectivity index (χ0v) is 12.7. The molecule has 98 valence electrons. The van der Waals surface area contributed by atoms with Gasteiger partial charge in [-0.15, -0.1) is 0 Å². The lowest BCUT2D eigenvalue weighted by atomic mass is 9.99. The van der Waals surface area contributed by atoms with E-state index in [-0.39, 0.29) is 5.78 Å². The molecule has 0 saturated carbocycles. The number of hydrogen-bond acceptors (Lipinski definition) is 2. The van der Waals surface area contributed by atoms with Gasteiger partial charge in [-0.2, -0.15) is 0 Å². The molecule has 2 nitrogen and oxygen atoms in total. The molecule has 0 unspecified atom stereocenters. The summed E-state index contributed by atoms with van der Waals surface area (Å²) in [5, 5.41) is 0. The van der Waals surface area contributed by atoms with Gasteiger partial charge in [-0.3, -0.25) is 4.79 Å². The molecule has 2 rings (SSSR count). The largest absolute Gasteiger partial charge is 0.497 e. The van der Waals surface area contributed by atoms with Crippen LogP contribution in [0.1, 0.15) is 27.0 Å². The molecular weight excluding hydrogens is 304 g/mol. The van der Waals surface area contributed by atoms with Gasteiger partial charge in [0.2, 0.25) is 0 Å². The average molecular weight is 319 g/mol. The van der Waals surface area contributed by atoms with Crippen molar-refractivity contribution in [3.05, 3.63) is 63.1 Å². The number of methoxy groups -OCH3 is 1. The second-order valence-corrected chi connectivity index (χ2v) is 5.41. The Morgan fingerprint density at radius 3 is 2.26 bits per heavy atom. The van der Waals surface area contributed by atoms with Gasteiger partial charge in [-0.1, -0.05) is 33.1 Å². The van der Waals surface area contributed by atoms with Gasteiger partial charge in [0.25, 0.3) is 0 Å². The topological polar surface area (TPSA) is 26.3 Å². The highest BCUT2D eigenvalue weighted by molar-refractivity contribution is 9.10. The minimum Gasteiger partial charge on any atom is -0.497 e. The smallest absolute Gasteiger partial charge is 0.194 e. The SMILES string of the molecule is COc1ccc(Br)c(C(=O)c2cc(C)cc(C)c2)c1. The summed E-state index contributed by atoms with van der Waals surface area (Å²) < 4.78 is 5.95. The second-order valence-electron chi connectivity index (χ2n) is 4.55. The molecule has 0 aliphatic carbocycles. The highest BCUT2D eigenvalue weighted by atomic mass is 79.9. The van der Waals surface area contributed by atoms with E-state index in [1.807, 2.05) is 38.1 Å². The molecule has 0 aromatic heterocycles. The molecular formula is C16H15BrO2. The minimum atomic E-state index is -0.00225. The summed E-state index contributed by atoms with van der Waals surface area (Å²) in [7, 11) is 1.59. The Morgan fingerprint density at radius 2 is 1.68 bits per heavy atom. The number of carbonyl (C=O) groups excluding carboxylic acids is 1. The molecule has 2 aromatic carbocycles. The van der Waals surface area contributed by atoms with Crippen LogP contribution in [-0.4, -0.2) is 12.9 Å². The van der Waals surface area contributed by atoms with Crippen LogP contribution >= 0.6 is 15.9 Å². The van der Waals surface area contributed by atoms with Crippen molar-refractivity contribution in [3.8, 4) is 5.75 Å². The van der Waals surface area contributed by atoms with E-state index < -0.39 is 0 Å². The molecule has 0 N–H and O–H groups in total. The molecule has 0 atom stereocenters. The molecule has 0 aliphatic heterocycles. The van der Waals surface area contributed by atoms with Crippen molar-refractivity contribution in [2.45, 2.75) is 13.8 Å². The lowest BCUT2D eigenvalue weighted by molar-refractivity contribution is 0.103. The number of halogens is 1. The standard InChI is InChI=1S/C16H15BrO2/c1-10-6-11(2)8-12(7-10)16(18)14-9-13(19-3)4-5-15(14)17/h4-9H,1-3H3. The first-order chi connectivity index (χ1) is 9.01. The summed E-state index contributed by atoms with van der Waals surface area (Å²) in [5.74, 6) is 0.675. The number of ether oxygens (including phenoxy) is 1. The fourth-order valence-corrected chi connectivity index (χ4v) is 2.49. The van der Waals surface area contributed by atoms with Gasteiger partial charge in [-0.05, 0) is 44.2 Å². The third-order valence-electron chi connectivity index (χ3n) is 2.90. The Balaban J connectivity index is 2.49. The summed E-state index contributed by atoms with van der Waals surface area (Å²) in [4.78, 5) is 12.6. The van der Waals surface area contributed by atoms with Crippen LogP contribution in [0.15, 0.2) is 40.9 Å². The van der Waals surface area contributed by atoms with Crippen molar-refractivity contribution < 1.29 is 9.53 Å². The van der Waals surface area contributed by atoms with Crippen LogP contribution in [0.4, 0.5) is 0 Å². The first-order valence-electron chi connectivity index (χ1n) is 5.98. The molecule has 0 bridgehead atoms. The molecule has 0 fully saturated rings. The Labute approximate surface area is 121 Å². The highest BCUT2D eigenvalue weighted by Gasteiger charge is 2.14. The normalized spacial score (nSPS) is 10.3. The molecule has 0 heterocycles. The van der Waals surface area contributed by atoms with Crippen molar-refractivity contribution >= 4 is 21.7 Å². The van der Waals surface area contributed by atoms with Crippen molar-refractivity contribution in [3.63, 3.8) is 0 Å². The lowest BCUT2D eigenvalue weighted by Gasteiger charge is -2.08. The number of rotatable bonds is 3. The molecule has 3 heteroatoms. The molecule has 2 aromatic rings. The number of carbonyl (C=O) groups is 1. The van der Waals surface area contributed by atoms with E-state index in [1.54, 1.807) is 13.2 Å². The number of benzene rings is 2. The molecule has 0 amide bonds. The van der Waals surface area contributed by atoms with E-state index in [2.05, 4.69) is 22.0 Å². The molecule has 19 heavy (non-hydrogen) atoms. The van der Waals surface area contributed by atoms with E-state index >= 15 is 0 Å². The summed E-state index contributed by atoms with van der Waals surface area (Å²) in [5.41, 5.74) is 3.49. The van der Waals surface area contributed by atoms with Crippen molar-refractivity contribution in [2.24, 2.45) is 0 Å². The molecule has 0 saturated heterocycles. The summed E-state index contributed by atoms with van der Waals surface area (Å²) >= 11 is 3.42. The Kier molecular flexibility index (Phi) is 4.05. The van der Waals surface area contributed by atoms with Crippen molar-refractivity contribution in [2.75, 3.05) is 7.11 Å². The van der Waals surface area contributed by atoms with Crippen LogP contribution in [0.2, 0.25) is 0 Å². The predicted octanol–water partition coefficient (Wildman–Crippen LogP) is 4.31. The van der Waals surface area contributed by atoms with Crippen molar-refractivity contribution in [1.82, 2.24) is 0 Å². The van der Waals surface area contributed by atoms with Gasteiger partial charge in [-0.25, -0.2) is 0 Å². The lowest BCUT2D eigenvalue weighted by Crippen LogP contribution is -2.04. The number of hydrogen-bond donors (Lipinski definition) is 0. The van der Waals surface area contributed by atoms with Crippen LogP contribution in [0.3, 0.4) is 0 Å². The quantitative estimate of drug-likeness (QED) is 0.788. The zero-order chi connectivity index (χ0) is 14.0. The second kappa shape index (κ2) is 5.57. The predicted molar refractivity (Wildman–Crippen MR) is 80.0 cm³/mol. The van der Waals surface area contributed by atoms with Gasteiger partial charge in [0.1, 0.15) is 5.75 Å². The Bertz CT molecular complexity index is 612. The fraction of sp³-hybridized carbons (Fsp3) is 0.188. The summed E-state index contributed by atoms with van der Waals surface area (Å²) in [6.45, 7) is 3.98. The highest BCUT2D eigenvalue weighted by Crippen LogP contribution is 2.25. The minimum absolute atomic E-state index is 0.00225. The van der Waals surface area contributed by atoms with Crippen LogP contribution in [0.25, 0.3) is 0 Å². The zero-order valence-electron chi connectivity index (χ0n) is 11.2. The Morgan fingerprint density at radius 1 is 1.05 bits per heavy atom. The van der Waals surface area contributed by atoms with E-state index in [1.165, 1.54) is 0 Å². The average Bonchev–Trinajstić information content (AvgIpc) is 2.37. The third kappa shape index (κ3) is 3.04. The summed E-state index contributed by atoms with van der Waals surface area (Å²) in [6, 6.07) is 11.3. The van der Waals surface area contributed by atoms with Crippen LogP contribution in [-0.2, 0) is 0 Å². The van der Waals surface area contributed by atoms with Gasteiger partial charge in [0.05, 0.1) is 7.11 Å². The first kappa shape index (κ1) is 13.8. The van der Waals surface area contributed by atoms with E-state index in [0.29, 0.717) is 16.9 Å². The van der Waals surface area contributed by atoms with Crippen LogP contribution < -0.4 is 4.74 Å². The fourth-order valence-electron chi connectivity index (χ4n) is 2.07. The molecule has 0 spiro atoms. The van der Waals surface area contributed by atoms with E-state index in [9.17, 15) is 4.79 Å².